The summed E-state index contributed by atoms with van der Waals surface area (Å²) in [5, 5.41) is 0. The zero-order chi connectivity index (χ0) is 13.0. The van der Waals surface area contributed by atoms with Gasteiger partial charge in [0.1, 0.15) is 5.75 Å². The van der Waals surface area contributed by atoms with Crippen LogP contribution in [0.3, 0.4) is 0 Å². The van der Waals surface area contributed by atoms with Crippen molar-refractivity contribution >= 4 is 22.2 Å². The number of hydrogen-bond acceptors (Lipinski definition) is 2. The van der Waals surface area contributed by atoms with E-state index in [1.807, 2.05) is 30.3 Å². The highest BCUT2D eigenvalue weighted by Gasteiger charge is 2.09. The summed E-state index contributed by atoms with van der Waals surface area (Å²) in [6, 6.07) is 14.0. The summed E-state index contributed by atoms with van der Waals surface area (Å²) in [5.41, 5.74) is 2.86. The van der Waals surface area contributed by atoms with Crippen LogP contribution >= 0.6 is 15.9 Å². The number of rotatable bonds is 4. The van der Waals surface area contributed by atoms with Crippen LogP contribution < -0.4 is 4.74 Å². The summed E-state index contributed by atoms with van der Waals surface area (Å²) < 4.78 is 6.00. The molecule has 92 valence electrons. The fraction of sp³-hybridized carbons (Fsp3) is 0.133. The average molecular weight is 305 g/mol. The van der Waals surface area contributed by atoms with E-state index < -0.39 is 0 Å². The fourth-order valence-corrected chi connectivity index (χ4v) is 2.59. The molecule has 0 bridgehead atoms. The number of carbonyl (C=O) groups excluding carboxylic acids is 1. The monoisotopic (exact) mass is 304 g/mol. The summed E-state index contributed by atoms with van der Waals surface area (Å²) in [5.74, 6) is 0.585. The number of carbonyl (C=O) groups is 1. The molecular formula is C15H13BrO2. The number of ether oxygens (including phenoxy) is 1. The van der Waals surface area contributed by atoms with Crippen molar-refractivity contribution in [1.82, 2.24) is 0 Å². The van der Waals surface area contributed by atoms with Crippen molar-refractivity contribution in [3.05, 3.63) is 63.6 Å². The molecule has 0 fully saturated rings. The Morgan fingerprint density at radius 3 is 2.50 bits per heavy atom. The third kappa shape index (κ3) is 2.79. The van der Waals surface area contributed by atoms with Gasteiger partial charge < -0.3 is 4.74 Å². The number of benzene rings is 2. The molecule has 2 nitrogen and oxygen atoms in total. The molecule has 0 aliphatic carbocycles. The van der Waals surface area contributed by atoms with E-state index in [9.17, 15) is 4.79 Å². The molecule has 0 spiro atoms. The second kappa shape index (κ2) is 5.83. The molecule has 2 rings (SSSR count). The summed E-state index contributed by atoms with van der Waals surface area (Å²) in [6.45, 7) is 0. The first-order valence-corrected chi connectivity index (χ1v) is 6.39. The Morgan fingerprint density at radius 1 is 1.17 bits per heavy atom. The smallest absolute Gasteiger partial charge is 0.153 e. The molecule has 18 heavy (non-hydrogen) atoms. The largest absolute Gasteiger partial charge is 0.495 e. The molecule has 2 aromatic carbocycles. The summed E-state index contributed by atoms with van der Waals surface area (Å²) in [4.78, 5) is 11.0. The number of aldehydes is 1. The van der Waals surface area contributed by atoms with E-state index in [0.717, 1.165) is 22.7 Å². The van der Waals surface area contributed by atoms with Crippen LogP contribution in [0.4, 0.5) is 0 Å². The molecule has 0 amide bonds. The number of hydrogen-bond donors (Lipinski definition) is 0. The highest BCUT2D eigenvalue weighted by Crippen LogP contribution is 2.30. The minimum Gasteiger partial charge on any atom is -0.495 e. The molecule has 0 radical (unpaired) electrons. The van der Waals surface area contributed by atoms with Crippen LogP contribution in [0, 0.1) is 0 Å². The second-order valence-electron chi connectivity index (χ2n) is 3.98. The van der Waals surface area contributed by atoms with Crippen molar-refractivity contribution in [1.29, 1.82) is 0 Å². The van der Waals surface area contributed by atoms with Crippen molar-refractivity contribution in [2.24, 2.45) is 0 Å². The first-order chi connectivity index (χ1) is 8.74. The maximum Gasteiger partial charge on any atom is 0.153 e. The van der Waals surface area contributed by atoms with Crippen LogP contribution in [0.5, 0.6) is 5.75 Å². The van der Waals surface area contributed by atoms with Crippen molar-refractivity contribution in [3.63, 3.8) is 0 Å². The summed E-state index contributed by atoms with van der Waals surface area (Å²) >= 11 is 3.43. The van der Waals surface area contributed by atoms with Crippen molar-refractivity contribution in [2.75, 3.05) is 7.11 Å². The van der Waals surface area contributed by atoms with Gasteiger partial charge in [-0.25, -0.2) is 0 Å². The predicted octanol–water partition coefficient (Wildman–Crippen LogP) is 3.86. The summed E-state index contributed by atoms with van der Waals surface area (Å²) in [6.07, 6.45) is 1.61. The van der Waals surface area contributed by atoms with E-state index in [2.05, 4.69) is 28.1 Å². The van der Waals surface area contributed by atoms with E-state index in [-0.39, 0.29) is 0 Å². The molecule has 0 saturated heterocycles. The first-order valence-electron chi connectivity index (χ1n) is 5.60. The van der Waals surface area contributed by atoms with Gasteiger partial charge in [-0.05, 0) is 45.6 Å². The van der Waals surface area contributed by atoms with Crippen molar-refractivity contribution in [3.8, 4) is 5.75 Å². The van der Waals surface area contributed by atoms with E-state index in [1.165, 1.54) is 5.56 Å². The molecular weight excluding hydrogens is 292 g/mol. The zero-order valence-electron chi connectivity index (χ0n) is 10.0. The lowest BCUT2D eigenvalue weighted by Gasteiger charge is -2.09. The lowest BCUT2D eigenvalue weighted by molar-refractivity contribution is 0.112. The Labute approximate surface area is 115 Å². The molecule has 0 N–H and O–H groups in total. The van der Waals surface area contributed by atoms with Crippen LogP contribution in [-0.2, 0) is 6.42 Å². The molecule has 3 heteroatoms. The van der Waals surface area contributed by atoms with Crippen molar-refractivity contribution in [2.45, 2.75) is 6.42 Å². The predicted molar refractivity (Wildman–Crippen MR) is 75.3 cm³/mol. The highest BCUT2D eigenvalue weighted by molar-refractivity contribution is 9.10. The molecule has 0 aliphatic heterocycles. The van der Waals surface area contributed by atoms with Gasteiger partial charge in [-0.2, -0.15) is 0 Å². The van der Waals surface area contributed by atoms with E-state index in [4.69, 9.17) is 4.74 Å². The maximum atomic E-state index is 11.0. The summed E-state index contributed by atoms with van der Waals surface area (Å²) in [7, 11) is 1.56. The Balaban J connectivity index is 2.35. The molecule has 0 aromatic heterocycles. The Kier molecular flexibility index (Phi) is 4.15. The molecule has 2 aromatic rings. The van der Waals surface area contributed by atoms with Gasteiger partial charge in [0.05, 0.1) is 17.1 Å². The van der Waals surface area contributed by atoms with Crippen LogP contribution in [0.1, 0.15) is 21.5 Å². The van der Waals surface area contributed by atoms with E-state index >= 15 is 0 Å². The highest BCUT2D eigenvalue weighted by atomic mass is 79.9. The van der Waals surface area contributed by atoms with Gasteiger partial charge in [0.15, 0.2) is 6.29 Å². The van der Waals surface area contributed by atoms with Crippen LogP contribution in [0.15, 0.2) is 46.9 Å². The SMILES string of the molecule is COc1c(Br)cc(Cc2ccccc2)cc1C=O. The average Bonchev–Trinajstić information content (AvgIpc) is 2.39. The molecule has 0 aliphatic rings. The Hall–Kier alpha value is -1.61. The van der Waals surface area contributed by atoms with Gasteiger partial charge in [-0.3, -0.25) is 4.79 Å². The first kappa shape index (κ1) is 12.8. The lowest BCUT2D eigenvalue weighted by atomic mass is 10.0. The second-order valence-corrected chi connectivity index (χ2v) is 4.83. The third-order valence-corrected chi connectivity index (χ3v) is 3.30. The van der Waals surface area contributed by atoms with Crippen molar-refractivity contribution < 1.29 is 9.53 Å². The van der Waals surface area contributed by atoms with Crippen LogP contribution in [-0.4, -0.2) is 13.4 Å². The third-order valence-electron chi connectivity index (χ3n) is 2.71. The Morgan fingerprint density at radius 2 is 1.89 bits per heavy atom. The number of halogens is 1. The van der Waals surface area contributed by atoms with Crippen LogP contribution in [0.2, 0.25) is 0 Å². The lowest BCUT2D eigenvalue weighted by Crippen LogP contribution is -1.96. The van der Waals surface area contributed by atoms with Gasteiger partial charge in [0, 0.05) is 0 Å². The van der Waals surface area contributed by atoms with E-state index in [0.29, 0.717) is 11.3 Å². The molecule has 0 atom stereocenters. The molecule has 0 unspecified atom stereocenters. The normalized spacial score (nSPS) is 10.1. The van der Waals surface area contributed by atoms with Gasteiger partial charge in [0.25, 0.3) is 0 Å². The van der Waals surface area contributed by atoms with E-state index in [1.54, 1.807) is 7.11 Å². The van der Waals surface area contributed by atoms with Gasteiger partial charge in [0.2, 0.25) is 0 Å². The fourth-order valence-electron chi connectivity index (χ4n) is 1.91. The number of methoxy groups -OCH3 is 1. The minimum atomic E-state index is 0.567. The topological polar surface area (TPSA) is 26.3 Å². The Bertz CT molecular complexity index is 550. The van der Waals surface area contributed by atoms with Gasteiger partial charge in [-0.1, -0.05) is 30.3 Å². The molecule has 0 heterocycles. The van der Waals surface area contributed by atoms with Gasteiger partial charge in [-0.15, -0.1) is 0 Å². The minimum absolute atomic E-state index is 0.567. The van der Waals surface area contributed by atoms with Crippen LogP contribution in [0.25, 0.3) is 0 Å². The quantitative estimate of drug-likeness (QED) is 0.802. The maximum absolute atomic E-state index is 11.0. The van der Waals surface area contributed by atoms with Gasteiger partial charge >= 0.3 is 0 Å². The zero-order valence-corrected chi connectivity index (χ0v) is 11.6. The standard InChI is InChI=1S/C15H13BrO2/c1-18-15-13(10-17)8-12(9-14(15)16)7-11-5-3-2-4-6-11/h2-6,8-10H,7H2,1H3. The molecule has 0 saturated carbocycles.